The van der Waals surface area contributed by atoms with Crippen LogP contribution in [0.5, 0.6) is 0 Å². The van der Waals surface area contributed by atoms with Crippen molar-refractivity contribution in [3.05, 3.63) is 76.0 Å². The Bertz CT molecular complexity index is 802. The van der Waals surface area contributed by atoms with Gasteiger partial charge in [-0.1, -0.05) is 50.0 Å². The molecule has 0 saturated heterocycles. The molecule has 0 atom stereocenters. The highest BCUT2D eigenvalue weighted by molar-refractivity contribution is 6.89. The normalized spacial score (nSPS) is 14.5. The predicted octanol–water partition coefficient (Wildman–Crippen LogP) is 4.84. The van der Waals surface area contributed by atoms with Gasteiger partial charge in [0.2, 0.25) is 0 Å². The molecule has 0 spiro atoms. The second-order valence-electron chi connectivity index (χ2n) is 6.51. The number of carbonyl (C=O) groups excluding carboxylic acids is 1. The number of benzene rings is 2. The highest BCUT2D eigenvalue weighted by atomic mass is 28.3. The zero-order valence-electron chi connectivity index (χ0n) is 12.7. The van der Waals surface area contributed by atoms with Crippen LogP contribution in [0.2, 0.25) is 19.6 Å². The van der Waals surface area contributed by atoms with Gasteiger partial charge in [-0.25, -0.2) is 8.78 Å². The number of ketones is 1. The van der Waals surface area contributed by atoms with Gasteiger partial charge in [0.15, 0.2) is 17.4 Å². The Morgan fingerprint density at radius 1 is 0.864 bits per heavy atom. The van der Waals surface area contributed by atoms with E-state index in [4.69, 9.17) is 0 Å². The van der Waals surface area contributed by atoms with Crippen LogP contribution >= 0.6 is 0 Å². The minimum absolute atomic E-state index is 0.160. The first-order valence-corrected chi connectivity index (χ1v) is 10.6. The second-order valence-corrected chi connectivity index (χ2v) is 11.5. The number of rotatable bonds is 2. The van der Waals surface area contributed by atoms with Crippen LogP contribution < -0.4 is 0 Å². The molecule has 4 heteroatoms. The molecule has 0 fully saturated rings. The number of fused-ring (bicyclic) bond motifs is 1. The molecule has 0 aromatic heterocycles. The summed E-state index contributed by atoms with van der Waals surface area (Å²) >= 11 is 0. The molecule has 0 saturated carbocycles. The molecule has 0 bridgehead atoms. The van der Waals surface area contributed by atoms with Crippen LogP contribution in [0.1, 0.15) is 21.5 Å². The molecule has 1 nitrogen and oxygen atoms in total. The molecule has 2 aromatic rings. The Kier molecular flexibility index (Phi) is 3.37. The predicted molar refractivity (Wildman–Crippen MR) is 86.5 cm³/mol. The highest BCUT2D eigenvalue weighted by Gasteiger charge is 2.38. The van der Waals surface area contributed by atoms with Crippen molar-refractivity contribution in [3.8, 4) is 0 Å². The van der Waals surface area contributed by atoms with Crippen LogP contribution in [0, 0.1) is 11.6 Å². The Balaban J connectivity index is 2.37. The fraction of sp³-hybridized carbons (Fsp3) is 0.167. The Hall–Kier alpha value is -2.07. The van der Waals surface area contributed by atoms with Crippen molar-refractivity contribution in [2.75, 3.05) is 0 Å². The molecule has 0 aliphatic heterocycles. The zero-order chi connectivity index (χ0) is 16.1. The maximum Gasteiger partial charge on any atom is 0.186 e. The molecule has 0 amide bonds. The van der Waals surface area contributed by atoms with Gasteiger partial charge in [-0.05, 0) is 34.0 Å². The van der Waals surface area contributed by atoms with E-state index in [1.54, 1.807) is 0 Å². The van der Waals surface area contributed by atoms with E-state index in [1.165, 1.54) is 0 Å². The SMILES string of the molecule is C[Si](C)(C)C1=C(c2ccccc2)c2cc(F)c(F)cc2C1=O. The lowest BCUT2D eigenvalue weighted by Gasteiger charge is -2.19. The van der Waals surface area contributed by atoms with Crippen molar-refractivity contribution < 1.29 is 13.6 Å². The lowest BCUT2D eigenvalue weighted by atomic mass is 9.99. The quantitative estimate of drug-likeness (QED) is 0.725. The summed E-state index contributed by atoms with van der Waals surface area (Å²) in [5, 5.41) is 0.735. The molecular weight excluding hydrogens is 298 g/mol. The highest BCUT2D eigenvalue weighted by Crippen LogP contribution is 2.41. The van der Waals surface area contributed by atoms with Crippen molar-refractivity contribution in [3.63, 3.8) is 0 Å². The number of hydrogen-bond acceptors (Lipinski definition) is 1. The minimum atomic E-state index is -1.98. The van der Waals surface area contributed by atoms with E-state index in [-0.39, 0.29) is 11.3 Å². The van der Waals surface area contributed by atoms with Crippen LogP contribution in [0.4, 0.5) is 8.78 Å². The summed E-state index contributed by atoms with van der Waals surface area (Å²) in [6, 6.07) is 11.6. The Morgan fingerprint density at radius 3 is 1.95 bits per heavy atom. The third kappa shape index (κ3) is 2.24. The Labute approximate surface area is 129 Å². The van der Waals surface area contributed by atoms with Crippen molar-refractivity contribution in [2.45, 2.75) is 19.6 Å². The Morgan fingerprint density at radius 2 is 1.41 bits per heavy atom. The second kappa shape index (κ2) is 4.99. The number of Topliss-reactive ketones (excluding diaryl/α,β-unsaturated/α-hetero) is 1. The lowest BCUT2D eigenvalue weighted by Crippen LogP contribution is -2.28. The van der Waals surface area contributed by atoms with E-state index < -0.39 is 19.7 Å². The molecule has 3 rings (SSSR count). The summed E-state index contributed by atoms with van der Waals surface area (Å²) in [4.78, 5) is 12.8. The van der Waals surface area contributed by atoms with E-state index in [0.29, 0.717) is 5.56 Å². The van der Waals surface area contributed by atoms with Crippen LogP contribution in [0.3, 0.4) is 0 Å². The van der Waals surface area contributed by atoms with E-state index in [1.807, 2.05) is 30.3 Å². The number of hydrogen-bond donors (Lipinski definition) is 0. The van der Waals surface area contributed by atoms with Gasteiger partial charge in [0.1, 0.15) is 0 Å². The summed E-state index contributed by atoms with van der Waals surface area (Å²) in [5.74, 6) is -2.06. The molecular formula is C18H16F2OSi. The van der Waals surface area contributed by atoms with Crippen LogP contribution in [0.25, 0.3) is 5.57 Å². The summed E-state index contributed by atoms with van der Waals surface area (Å²) in [5.41, 5.74) is 2.42. The van der Waals surface area contributed by atoms with Gasteiger partial charge in [-0.15, -0.1) is 0 Å². The third-order valence-corrected chi connectivity index (χ3v) is 5.84. The first kappa shape index (κ1) is 14.8. The number of carbonyl (C=O) groups is 1. The molecule has 22 heavy (non-hydrogen) atoms. The van der Waals surface area contributed by atoms with E-state index in [2.05, 4.69) is 19.6 Å². The van der Waals surface area contributed by atoms with Crippen LogP contribution in [-0.2, 0) is 0 Å². The topological polar surface area (TPSA) is 17.1 Å². The average molecular weight is 314 g/mol. The smallest absolute Gasteiger partial charge is 0.186 e. The van der Waals surface area contributed by atoms with E-state index in [0.717, 1.165) is 28.5 Å². The van der Waals surface area contributed by atoms with Crippen LogP contribution in [-0.4, -0.2) is 13.9 Å². The zero-order valence-corrected chi connectivity index (χ0v) is 13.7. The first-order valence-electron chi connectivity index (χ1n) is 7.15. The molecule has 0 N–H and O–H groups in total. The maximum absolute atomic E-state index is 13.7. The monoisotopic (exact) mass is 314 g/mol. The van der Waals surface area contributed by atoms with Crippen molar-refractivity contribution in [2.24, 2.45) is 0 Å². The van der Waals surface area contributed by atoms with E-state index in [9.17, 15) is 13.6 Å². The van der Waals surface area contributed by atoms with Gasteiger partial charge >= 0.3 is 0 Å². The van der Waals surface area contributed by atoms with E-state index >= 15 is 0 Å². The van der Waals surface area contributed by atoms with Gasteiger partial charge < -0.3 is 0 Å². The summed E-state index contributed by atoms with van der Waals surface area (Å²) in [7, 11) is -1.98. The standard InChI is InChI=1S/C18H16F2OSi/c1-22(2,3)18-16(11-7-5-4-6-8-11)12-9-14(19)15(20)10-13(12)17(18)21/h4-10H,1-3H3. The lowest BCUT2D eigenvalue weighted by molar-refractivity contribution is 0.104. The first-order chi connectivity index (χ1) is 10.3. The molecule has 2 aromatic carbocycles. The van der Waals surface area contributed by atoms with Crippen molar-refractivity contribution in [1.29, 1.82) is 0 Å². The summed E-state index contributed by atoms with van der Waals surface area (Å²) < 4.78 is 27.3. The van der Waals surface area contributed by atoms with Crippen molar-refractivity contribution in [1.82, 2.24) is 0 Å². The molecule has 0 unspecified atom stereocenters. The minimum Gasteiger partial charge on any atom is -0.289 e. The van der Waals surface area contributed by atoms with Gasteiger partial charge in [0.25, 0.3) is 0 Å². The summed E-state index contributed by atoms with van der Waals surface area (Å²) in [6.07, 6.45) is 0. The largest absolute Gasteiger partial charge is 0.289 e. The maximum atomic E-state index is 13.7. The van der Waals surface area contributed by atoms with Crippen LogP contribution in [0.15, 0.2) is 47.7 Å². The fourth-order valence-corrected chi connectivity index (χ4v) is 4.79. The molecule has 1 aliphatic carbocycles. The number of allylic oxidation sites excluding steroid dienone is 1. The third-order valence-electron chi connectivity index (χ3n) is 3.86. The van der Waals surface area contributed by atoms with Gasteiger partial charge in [-0.3, -0.25) is 4.79 Å². The average Bonchev–Trinajstić information content (AvgIpc) is 2.73. The summed E-state index contributed by atoms with van der Waals surface area (Å²) in [6.45, 7) is 6.21. The van der Waals surface area contributed by atoms with Gasteiger partial charge in [0.05, 0.1) is 8.07 Å². The van der Waals surface area contributed by atoms with Crippen molar-refractivity contribution >= 4 is 19.4 Å². The fourth-order valence-electron chi connectivity index (χ4n) is 2.94. The molecule has 112 valence electrons. The molecule has 0 radical (unpaired) electrons. The van der Waals surface area contributed by atoms with Gasteiger partial charge in [-0.2, -0.15) is 0 Å². The molecule has 1 aliphatic rings. The number of halogens is 2. The molecule has 0 heterocycles. The van der Waals surface area contributed by atoms with Gasteiger partial charge in [0, 0.05) is 5.56 Å².